The monoisotopic (exact) mass is 748 g/mol. The van der Waals surface area contributed by atoms with Crippen LogP contribution in [0.3, 0.4) is 0 Å². The van der Waals surface area contributed by atoms with Crippen LogP contribution in [0.25, 0.3) is 0 Å². The van der Waals surface area contributed by atoms with Gasteiger partial charge in [-0.05, 0) is 0 Å². The van der Waals surface area contributed by atoms with Crippen molar-refractivity contribution >= 4 is 40.7 Å². The standard InChI is InChI=1S/C38H60O6SeSi2/c1-24-20-36-25(2)21-38(44-47(13,14)34(6,7)8)30(35(38,9)10)28(32(36)40)29(45(42)27-18-16-15-17-19-27)26(22-37(36,41)31(24)39)23-43-46(11,12)33(3,4)5/h15-20,22,25,28-31,39,41H,21,23H2,1-14H3/t25-,28+,29+,30-,31+,36+,37+,38+,45?/m1/s1. The quantitative estimate of drug-likeness (QED) is 0.224. The first-order valence-corrected chi connectivity index (χ1v) is 25.8. The molecule has 0 radical (unpaired) electrons. The Balaban J connectivity index is 1.81. The van der Waals surface area contributed by atoms with E-state index in [0.717, 1.165) is 4.46 Å². The van der Waals surface area contributed by atoms with Gasteiger partial charge in [-0.2, -0.15) is 0 Å². The average Bonchev–Trinajstić information content (AvgIpc) is 3.36. The van der Waals surface area contributed by atoms with E-state index in [1.165, 1.54) is 0 Å². The van der Waals surface area contributed by atoms with Gasteiger partial charge in [-0.15, -0.1) is 0 Å². The SMILES string of the molecule is CC1=C[C@@]23C(=O)[C@H]([C@@H]4C(C)(C)[C@]4(O[Si](C)(C)C(C)(C)C)C[C@H]2C)[C@@H]([Se](=O)c2ccccc2)C(CO[Si](C)(C)C(C)(C)C)=C[C@]3(O)[C@H]1O. The summed E-state index contributed by atoms with van der Waals surface area (Å²) in [6.07, 6.45) is 2.91. The van der Waals surface area contributed by atoms with Crippen LogP contribution in [-0.4, -0.2) is 70.4 Å². The number of hydrogen-bond donors (Lipinski definition) is 2. The van der Waals surface area contributed by atoms with Crippen molar-refractivity contribution in [1.82, 2.24) is 0 Å². The van der Waals surface area contributed by atoms with Gasteiger partial charge in [-0.3, -0.25) is 0 Å². The van der Waals surface area contributed by atoms with Crippen LogP contribution in [0.5, 0.6) is 0 Å². The van der Waals surface area contributed by atoms with Gasteiger partial charge in [0, 0.05) is 0 Å². The summed E-state index contributed by atoms with van der Waals surface area (Å²) < 4.78 is 30.3. The predicted molar refractivity (Wildman–Crippen MR) is 195 cm³/mol. The molecule has 47 heavy (non-hydrogen) atoms. The van der Waals surface area contributed by atoms with E-state index in [-0.39, 0.29) is 39.7 Å². The van der Waals surface area contributed by atoms with Gasteiger partial charge in [0.2, 0.25) is 0 Å². The molecule has 1 spiro atoms. The number of fused-ring (bicyclic) bond motifs is 3. The number of carbonyl (C=O) groups is 1. The molecule has 9 atom stereocenters. The van der Waals surface area contributed by atoms with Gasteiger partial charge in [-0.25, -0.2) is 0 Å². The van der Waals surface area contributed by atoms with Gasteiger partial charge in [-0.1, -0.05) is 0 Å². The molecule has 0 aromatic heterocycles. The summed E-state index contributed by atoms with van der Waals surface area (Å²) in [5, 5.41) is 24.6. The van der Waals surface area contributed by atoms with Crippen molar-refractivity contribution in [3.05, 3.63) is 53.6 Å². The van der Waals surface area contributed by atoms with Crippen molar-refractivity contribution in [2.24, 2.45) is 28.6 Å². The Bertz CT molecular complexity index is 1520. The van der Waals surface area contributed by atoms with Crippen molar-refractivity contribution in [2.45, 2.75) is 134 Å². The summed E-state index contributed by atoms with van der Waals surface area (Å²) in [6.45, 7) is 30.6. The van der Waals surface area contributed by atoms with E-state index < -0.39 is 63.9 Å². The molecule has 4 aliphatic rings. The van der Waals surface area contributed by atoms with Crippen LogP contribution in [0, 0.1) is 28.6 Å². The molecule has 2 N–H and O–H groups in total. The molecule has 0 aliphatic heterocycles. The molecule has 2 saturated carbocycles. The molecule has 0 heterocycles. The summed E-state index contributed by atoms with van der Waals surface area (Å²) >= 11 is -2.98. The number of benzene rings is 1. The molecule has 0 amide bonds. The first-order chi connectivity index (χ1) is 21.2. The zero-order valence-electron chi connectivity index (χ0n) is 31.3. The van der Waals surface area contributed by atoms with E-state index in [1.807, 2.05) is 43.3 Å². The Labute approximate surface area is 290 Å². The molecule has 2 fully saturated rings. The van der Waals surface area contributed by atoms with Crippen molar-refractivity contribution in [3.8, 4) is 0 Å². The second-order valence-electron chi connectivity index (χ2n) is 18.7. The fourth-order valence-electron chi connectivity index (χ4n) is 8.73. The zero-order valence-corrected chi connectivity index (χ0v) is 35.0. The van der Waals surface area contributed by atoms with Crippen molar-refractivity contribution in [3.63, 3.8) is 0 Å². The van der Waals surface area contributed by atoms with Crippen LogP contribution in [0.15, 0.2) is 53.6 Å². The van der Waals surface area contributed by atoms with E-state index in [9.17, 15) is 10.2 Å². The molecule has 5 rings (SSSR count). The summed E-state index contributed by atoms with van der Waals surface area (Å²) in [5.74, 6) is -1.34. The number of aliphatic hydroxyl groups excluding tert-OH is 1. The fourth-order valence-corrected chi connectivity index (χ4v) is 14.9. The van der Waals surface area contributed by atoms with E-state index in [2.05, 4.69) is 88.5 Å². The zero-order chi connectivity index (χ0) is 35.6. The maximum absolute atomic E-state index is 15.7. The summed E-state index contributed by atoms with van der Waals surface area (Å²) in [4.78, 5) is 15.0. The number of hydrogen-bond acceptors (Lipinski definition) is 6. The van der Waals surface area contributed by atoms with E-state index in [0.29, 0.717) is 17.6 Å². The molecule has 262 valence electrons. The van der Waals surface area contributed by atoms with Crippen molar-refractivity contribution in [1.29, 1.82) is 0 Å². The van der Waals surface area contributed by atoms with Crippen LogP contribution >= 0.6 is 0 Å². The van der Waals surface area contributed by atoms with Crippen LogP contribution in [0.1, 0.15) is 75.7 Å². The number of rotatable bonds is 7. The topological polar surface area (TPSA) is 93.1 Å². The number of Topliss-reactive ketones (excluding diaryl/α,β-unsaturated/α-hetero) is 1. The van der Waals surface area contributed by atoms with Crippen molar-refractivity contribution < 1.29 is 27.7 Å². The third-order valence-corrected chi connectivity index (χ3v) is 26.4. The minimum absolute atomic E-state index is 0.0595. The number of carbonyl (C=O) groups excluding carboxylic acids is 1. The summed E-state index contributed by atoms with van der Waals surface area (Å²) in [5.41, 5.74) is -3.01. The maximum atomic E-state index is 15.7. The molecule has 2 bridgehead atoms. The minimum atomic E-state index is -2.98. The van der Waals surface area contributed by atoms with Gasteiger partial charge in [0.1, 0.15) is 0 Å². The third-order valence-electron chi connectivity index (χ3n) is 13.7. The molecule has 1 unspecified atom stereocenters. The predicted octanol–water partition coefficient (Wildman–Crippen LogP) is 7.33. The first-order valence-electron chi connectivity index (χ1n) is 17.4. The van der Waals surface area contributed by atoms with Crippen LogP contribution in [0.2, 0.25) is 41.1 Å². The van der Waals surface area contributed by atoms with Crippen LogP contribution < -0.4 is 4.46 Å². The first kappa shape index (κ1) is 37.2. The molecule has 1 aromatic rings. The molecule has 0 saturated heterocycles. The molecular formula is C38H60O6SeSi2. The third kappa shape index (κ3) is 5.23. The van der Waals surface area contributed by atoms with Gasteiger partial charge in [0.25, 0.3) is 0 Å². The van der Waals surface area contributed by atoms with Gasteiger partial charge < -0.3 is 0 Å². The normalized spacial score (nSPS) is 37.6. The number of ketones is 1. The Morgan fingerprint density at radius 1 is 0.957 bits per heavy atom. The van der Waals surface area contributed by atoms with Crippen LogP contribution in [0.4, 0.5) is 0 Å². The Morgan fingerprint density at radius 2 is 1.51 bits per heavy atom. The molecular weight excluding hydrogens is 688 g/mol. The summed E-state index contributed by atoms with van der Waals surface area (Å²) in [6, 6.07) is 9.52. The van der Waals surface area contributed by atoms with E-state index >= 15 is 8.63 Å². The average molecular weight is 748 g/mol. The Morgan fingerprint density at radius 3 is 2.04 bits per heavy atom. The Kier molecular flexibility index (Phi) is 8.90. The van der Waals surface area contributed by atoms with Gasteiger partial charge in [0.05, 0.1) is 0 Å². The van der Waals surface area contributed by atoms with Gasteiger partial charge in [0.15, 0.2) is 0 Å². The molecule has 1 aromatic carbocycles. The van der Waals surface area contributed by atoms with Crippen LogP contribution in [-0.2, 0) is 17.5 Å². The van der Waals surface area contributed by atoms with Gasteiger partial charge >= 0.3 is 291 Å². The van der Waals surface area contributed by atoms with E-state index in [1.54, 1.807) is 6.08 Å². The second kappa shape index (κ2) is 11.2. The molecule has 6 nitrogen and oxygen atoms in total. The van der Waals surface area contributed by atoms with E-state index in [4.69, 9.17) is 8.85 Å². The fraction of sp³-hybridized carbons (Fsp3) is 0.711. The molecule has 4 aliphatic carbocycles. The van der Waals surface area contributed by atoms with Crippen molar-refractivity contribution in [2.75, 3.05) is 6.61 Å². The second-order valence-corrected chi connectivity index (χ2v) is 31.6. The Hall–Kier alpha value is -1.04. The summed E-state index contributed by atoms with van der Waals surface area (Å²) in [7, 11) is -4.66. The number of aliphatic hydroxyl groups is 2. The molecule has 9 heteroatoms.